The molecule has 138 valence electrons. The van der Waals surface area contributed by atoms with Crippen molar-refractivity contribution in [2.45, 2.75) is 24.7 Å². The predicted octanol–water partition coefficient (Wildman–Crippen LogP) is 5.68. The minimum atomic E-state index is -0.491. The third kappa shape index (κ3) is 6.56. The van der Waals surface area contributed by atoms with E-state index in [0.29, 0.717) is 22.3 Å². The number of hydrogen-bond donors (Lipinski definition) is 1. The summed E-state index contributed by atoms with van der Waals surface area (Å²) >= 11 is 13.3. The Bertz CT molecular complexity index is 766. The Morgan fingerprint density at radius 3 is 2.54 bits per heavy atom. The van der Waals surface area contributed by atoms with Gasteiger partial charge in [0.05, 0.1) is 22.9 Å². The van der Waals surface area contributed by atoms with Crippen molar-refractivity contribution in [1.82, 2.24) is 0 Å². The number of amides is 1. The summed E-state index contributed by atoms with van der Waals surface area (Å²) < 4.78 is 5.17. The van der Waals surface area contributed by atoms with E-state index >= 15 is 0 Å². The van der Waals surface area contributed by atoms with Gasteiger partial charge in [-0.3, -0.25) is 4.79 Å². The van der Waals surface area contributed by atoms with Crippen LogP contribution >= 0.6 is 35.0 Å². The maximum absolute atomic E-state index is 12.1. The summed E-state index contributed by atoms with van der Waals surface area (Å²) in [4.78, 5) is 25.2. The molecule has 0 fully saturated rings. The molecule has 0 saturated heterocycles. The molecule has 0 atom stereocenters. The van der Waals surface area contributed by atoms with Crippen LogP contribution in [0, 0.1) is 0 Å². The van der Waals surface area contributed by atoms with Crippen LogP contribution in [0.5, 0.6) is 0 Å². The van der Waals surface area contributed by atoms with Crippen LogP contribution in [-0.2, 0) is 9.53 Å². The Morgan fingerprint density at radius 2 is 1.85 bits per heavy atom. The molecule has 2 rings (SSSR count). The average Bonchev–Trinajstić information content (AvgIpc) is 2.63. The Balaban J connectivity index is 1.93. The van der Waals surface area contributed by atoms with Crippen LogP contribution in [0.4, 0.5) is 5.69 Å². The molecule has 0 bridgehead atoms. The number of anilines is 1. The van der Waals surface area contributed by atoms with Crippen molar-refractivity contribution in [3.8, 4) is 0 Å². The molecule has 1 amide bonds. The lowest BCUT2D eigenvalue weighted by molar-refractivity contribution is -0.113. The molecule has 0 heterocycles. The summed E-state index contributed by atoms with van der Waals surface area (Å²) in [6, 6.07) is 12.0. The summed E-state index contributed by atoms with van der Waals surface area (Å²) in [5.41, 5.74) is 0.740. The van der Waals surface area contributed by atoms with Crippen molar-refractivity contribution in [2.75, 3.05) is 17.7 Å². The number of carbonyl (C=O) groups excluding carboxylic acids is 2. The zero-order chi connectivity index (χ0) is 18.9. The number of carbonyl (C=O) groups is 2. The Morgan fingerprint density at radius 1 is 1.12 bits per heavy atom. The van der Waals surface area contributed by atoms with E-state index < -0.39 is 5.97 Å². The number of benzene rings is 2. The second-order valence-electron chi connectivity index (χ2n) is 5.47. The third-order valence-electron chi connectivity index (χ3n) is 3.38. The van der Waals surface area contributed by atoms with E-state index in [0.717, 1.165) is 17.7 Å². The van der Waals surface area contributed by atoms with Crippen molar-refractivity contribution < 1.29 is 14.3 Å². The van der Waals surface area contributed by atoms with Gasteiger partial charge in [-0.2, -0.15) is 0 Å². The van der Waals surface area contributed by atoms with Crippen molar-refractivity contribution in [1.29, 1.82) is 0 Å². The van der Waals surface area contributed by atoms with E-state index in [1.54, 1.807) is 24.3 Å². The molecule has 2 aromatic carbocycles. The van der Waals surface area contributed by atoms with Crippen molar-refractivity contribution >= 4 is 52.5 Å². The fourth-order valence-electron chi connectivity index (χ4n) is 2.02. The SMILES string of the molecule is CCCCOC(=O)c1cc(NC(=O)CSc2ccc(Cl)cc2)ccc1Cl. The molecule has 4 nitrogen and oxygen atoms in total. The topological polar surface area (TPSA) is 55.4 Å². The first kappa shape index (κ1) is 20.6. The normalized spacial score (nSPS) is 10.4. The third-order valence-corrected chi connectivity index (χ3v) is 4.98. The summed E-state index contributed by atoms with van der Waals surface area (Å²) in [6.07, 6.45) is 1.73. The number of hydrogen-bond acceptors (Lipinski definition) is 4. The molecule has 0 aliphatic heterocycles. The van der Waals surface area contributed by atoms with Gasteiger partial charge in [-0.25, -0.2) is 4.79 Å². The molecular formula is C19H19Cl2NO3S. The van der Waals surface area contributed by atoms with Crippen LogP contribution in [0.1, 0.15) is 30.1 Å². The quantitative estimate of drug-likeness (QED) is 0.344. The van der Waals surface area contributed by atoms with Gasteiger partial charge in [0.2, 0.25) is 5.91 Å². The molecule has 2 aromatic rings. The molecular weight excluding hydrogens is 393 g/mol. The number of ether oxygens (including phenoxy) is 1. The molecule has 0 unspecified atom stereocenters. The van der Waals surface area contributed by atoms with Gasteiger partial charge in [-0.15, -0.1) is 11.8 Å². The van der Waals surface area contributed by atoms with E-state index in [1.807, 2.05) is 19.1 Å². The summed E-state index contributed by atoms with van der Waals surface area (Å²) in [6.45, 7) is 2.36. The first-order valence-corrected chi connectivity index (χ1v) is 9.88. The highest BCUT2D eigenvalue weighted by molar-refractivity contribution is 8.00. The van der Waals surface area contributed by atoms with Crippen LogP contribution < -0.4 is 5.32 Å². The van der Waals surface area contributed by atoms with Crippen LogP contribution in [0.25, 0.3) is 0 Å². The summed E-state index contributed by atoms with van der Waals surface area (Å²) in [5.74, 6) is -0.437. The zero-order valence-electron chi connectivity index (χ0n) is 14.3. The van der Waals surface area contributed by atoms with E-state index in [4.69, 9.17) is 27.9 Å². The molecule has 0 aliphatic carbocycles. The van der Waals surface area contributed by atoms with Crippen molar-refractivity contribution in [2.24, 2.45) is 0 Å². The number of esters is 1. The van der Waals surface area contributed by atoms with E-state index in [1.165, 1.54) is 17.8 Å². The Kier molecular flexibility index (Phi) is 8.29. The predicted molar refractivity (Wildman–Crippen MR) is 107 cm³/mol. The Hall–Kier alpha value is -1.69. The first-order valence-electron chi connectivity index (χ1n) is 8.14. The maximum atomic E-state index is 12.1. The van der Waals surface area contributed by atoms with Gasteiger partial charge in [0, 0.05) is 15.6 Å². The van der Waals surface area contributed by atoms with Gasteiger partial charge in [0.25, 0.3) is 0 Å². The molecule has 0 saturated carbocycles. The highest BCUT2D eigenvalue weighted by atomic mass is 35.5. The minimum absolute atomic E-state index is 0.183. The molecule has 1 N–H and O–H groups in total. The molecule has 0 aromatic heterocycles. The van der Waals surface area contributed by atoms with Crippen LogP contribution in [0.2, 0.25) is 10.0 Å². The van der Waals surface area contributed by atoms with Gasteiger partial charge in [0.1, 0.15) is 0 Å². The number of rotatable bonds is 8. The summed E-state index contributed by atoms with van der Waals surface area (Å²) in [5, 5.41) is 3.70. The second kappa shape index (κ2) is 10.5. The van der Waals surface area contributed by atoms with Crippen molar-refractivity contribution in [3.05, 3.63) is 58.1 Å². The van der Waals surface area contributed by atoms with E-state index in [-0.39, 0.29) is 17.2 Å². The summed E-state index contributed by atoms with van der Waals surface area (Å²) in [7, 11) is 0. The van der Waals surface area contributed by atoms with Crippen molar-refractivity contribution in [3.63, 3.8) is 0 Å². The maximum Gasteiger partial charge on any atom is 0.339 e. The second-order valence-corrected chi connectivity index (χ2v) is 7.37. The lowest BCUT2D eigenvalue weighted by Crippen LogP contribution is -2.15. The monoisotopic (exact) mass is 411 g/mol. The molecule has 26 heavy (non-hydrogen) atoms. The molecule has 0 aliphatic rings. The van der Waals surface area contributed by atoms with Gasteiger partial charge < -0.3 is 10.1 Å². The highest BCUT2D eigenvalue weighted by Gasteiger charge is 2.14. The molecule has 0 spiro atoms. The lowest BCUT2D eigenvalue weighted by Gasteiger charge is -2.09. The number of halogens is 2. The van der Waals surface area contributed by atoms with E-state index in [9.17, 15) is 9.59 Å². The number of nitrogens with one attached hydrogen (secondary N) is 1. The standard InChI is InChI=1S/C19H19Cl2NO3S/c1-2-3-10-25-19(24)16-11-14(6-9-17(16)21)22-18(23)12-26-15-7-4-13(20)5-8-15/h4-9,11H,2-3,10,12H2,1H3,(H,22,23). The fourth-order valence-corrected chi connectivity index (χ4v) is 3.04. The molecule has 0 radical (unpaired) electrons. The first-order chi connectivity index (χ1) is 12.5. The fraction of sp³-hybridized carbons (Fsp3) is 0.263. The smallest absolute Gasteiger partial charge is 0.339 e. The van der Waals surface area contributed by atoms with Crippen LogP contribution in [-0.4, -0.2) is 24.2 Å². The van der Waals surface area contributed by atoms with Crippen LogP contribution in [0.15, 0.2) is 47.4 Å². The minimum Gasteiger partial charge on any atom is -0.462 e. The van der Waals surface area contributed by atoms with Gasteiger partial charge in [-0.05, 0) is 48.9 Å². The lowest BCUT2D eigenvalue weighted by atomic mass is 10.2. The average molecular weight is 412 g/mol. The van der Waals surface area contributed by atoms with Gasteiger partial charge in [0.15, 0.2) is 0 Å². The largest absolute Gasteiger partial charge is 0.462 e. The van der Waals surface area contributed by atoms with Crippen LogP contribution in [0.3, 0.4) is 0 Å². The van der Waals surface area contributed by atoms with Gasteiger partial charge >= 0.3 is 5.97 Å². The highest BCUT2D eigenvalue weighted by Crippen LogP contribution is 2.23. The number of unbranched alkanes of at least 4 members (excludes halogenated alkanes) is 1. The van der Waals surface area contributed by atoms with Gasteiger partial charge in [-0.1, -0.05) is 36.5 Å². The molecule has 7 heteroatoms. The van der Waals surface area contributed by atoms with E-state index in [2.05, 4.69) is 5.32 Å². The zero-order valence-corrected chi connectivity index (χ0v) is 16.6. The number of thioether (sulfide) groups is 1. The Labute approximate surface area is 167 Å².